The van der Waals surface area contributed by atoms with E-state index in [9.17, 15) is 9.59 Å². The van der Waals surface area contributed by atoms with E-state index in [4.69, 9.17) is 4.74 Å². The van der Waals surface area contributed by atoms with Gasteiger partial charge in [0.1, 0.15) is 5.60 Å². The summed E-state index contributed by atoms with van der Waals surface area (Å²) >= 11 is 0. The first-order valence-corrected chi connectivity index (χ1v) is 9.13. The van der Waals surface area contributed by atoms with E-state index in [0.717, 1.165) is 11.0 Å². The average Bonchev–Trinajstić information content (AvgIpc) is 2.97. The van der Waals surface area contributed by atoms with Gasteiger partial charge in [0.15, 0.2) is 0 Å². The van der Waals surface area contributed by atoms with E-state index in [-0.39, 0.29) is 5.91 Å². The van der Waals surface area contributed by atoms with E-state index in [2.05, 4.69) is 15.6 Å². The molecule has 0 aliphatic carbocycles. The summed E-state index contributed by atoms with van der Waals surface area (Å²) in [7, 11) is 0. The number of carbonyl (C=O) groups excluding carboxylic acids is 2. The number of ether oxygens (including phenoxy) is 1. The molecule has 2 amide bonds. The topological polar surface area (TPSA) is 85.2 Å². The molecule has 1 heterocycles. The van der Waals surface area contributed by atoms with Crippen molar-refractivity contribution in [1.82, 2.24) is 9.55 Å². The van der Waals surface area contributed by atoms with Gasteiger partial charge in [-0.2, -0.15) is 0 Å². The van der Waals surface area contributed by atoms with Gasteiger partial charge in [0, 0.05) is 17.8 Å². The van der Waals surface area contributed by atoms with Crippen molar-refractivity contribution in [2.75, 3.05) is 10.6 Å². The van der Waals surface area contributed by atoms with Crippen molar-refractivity contribution in [3.63, 3.8) is 0 Å². The summed E-state index contributed by atoms with van der Waals surface area (Å²) in [6.07, 6.45) is -0.540. The quantitative estimate of drug-likeness (QED) is 0.690. The fraction of sp³-hybridized carbons (Fsp3) is 0.286. The number of para-hydroxylation sites is 2. The lowest BCUT2D eigenvalue weighted by Crippen LogP contribution is -2.27. The number of aromatic nitrogens is 2. The first kappa shape index (κ1) is 19.4. The molecular formula is C21H24N4O3. The number of hydrogen-bond acceptors (Lipinski definition) is 4. The average molecular weight is 380 g/mol. The molecular weight excluding hydrogens is 356 g/mol. The van der Waals surface area contributed by atoms with Crippen molar-refractivity contribution in [3.05, 3.63) is 54.1 Å². The zero-order valence-electron chi connectivity index (χ0n) is 16.4. The van der Waals surface area contributed by atoms with Crippen LogP contribution in [0.25, 0.3) is 11.0 Å². The van der Waals surface area contributed by atoms with Gasteiger partial charge in [0.25, 0.3) is 5.91 Å². The molecule has 0 atom stereocenters. The number of benzene rings is 2. The predicted octanol–water partition coefficient (Wildman–Crippen LogP) is 4.66. The Kier molecular flexibility index (Phi) is 5.35. The second-order valence-electron chi connectivity index (χ2n) is 7.33. The first-order chi connectivity index (χ1) is 13.3. The van der Waals surface area contributed by atoms with E-state index in [0.29, 0.717) is 23.7 Å². The maximum Gasteiger partial charge on any atom is 0.412 e. The van der Waals surface area contributed by atoms with Crippen LogP contribution in [0.5, 0.6) is 0 Å². The number of nitrogens with zero attached hydrogens (tertiary/aromatic N) is 2. The molecule has 3 rings (SSSR count). The molecule has 1 aromatic heterocycles. The highest BCUT2D eigenvalue weighted by atomic mass is 16.6. The zero-order valence-corrected chi connectivity index (χ0v) is 16.4. The van der Waals surface area contributed by atoms with Gasteiger partial charge in [0.2, 0.25) is 5.95 Å². The number of fused-ring (bicyclic) bond motifs is 1. The second-order valence-corrected chi connectivity index (χ2v) is 7.33. The molecule has 146 valence electrons. The molecule has 0 radical (unpaired) electrons. The van der Waals surface area contributed by atoms with E-state index in [1.54, 1.807) is 45.0 Å². The van der Waals surface area contributed by atoms with Gasteiger partial charge in [-0.05, 0) is 64.1 Å². The van der Waals surface area contributed by atoms with Crippen LogP contribution in [0.15, 0.2) is 48.5 Å². The number of nitrogens with one attached hydrogen (secondary N) is 2. The monoisotopic (exact) mass is 380 g/mol. The maximum atomic E-state index is 12.6. The molecule has 0 bridgehead atoms. The minimum atomic E-state index is -0.575. The molecule has 3 aromatic rings. The lowest BCUT2D eigenvalue weighted by atomic mass is 10.2. The molecule has 0 saturated carbocycles. The number of aryl methyl sites for hydroxylation is 1. The molecule has 0 aliphatic rings. The minimum Gasteiger partial charge on any atom is -0.444 e. The van der Waals surface area contributed by atoms with Gasteiger partial charge < -0.3 is 9.30 Å². The Morgan fingerprint density at radius 3 is 2.36 bits per heavy atom. The molecule has 28 heavy (non-hydrogen) atoms. The largest absolute Gasteiger partial charge is 0.444 e. The van der Waals surface area contributed by atoms with Crippen LogP contribution >= 0.6 is 0 Å². The number of rotatable bonds is 4. The molecule has 0 aliphatic heterocycles. The zero-order chi connectivity index (χ0) is 20.3. The Balaban J connectivity index is 1.71. The summed E-state index contributed by atoms with van der Waals surface area (Å²) in [5.74, 6) is 0.235. The van der Waals surface area contributed by atoms with Crippen molar-refractivity contribution < 1.29 is 14.3 Å². The van der Waals surface area contributed by atoms with Crippen LogP contribution in [-0.4, -0.2) is 27.2 Å². The van der Waals surface area contributed by atoms with Crippen molar-refractivity contribution >= 4 is 34.7 Å². The third kappa shape index (κ3) is 4.49. The van der Waals surface area contributed by atoms with Crippen LogP contribution in [-0.2, 0) is 11.3 Å². The van der Waals surface area contributed by atoms with E-state index in [1.165, 1.54) is 0 Å². The molecule has 7 heteroatoms. The van der Waals surface area contributed by atoms with Crippen LogP contribution in [0.2, 0.25) is 0 Å². The summed E-state index contributed by atoms with van der Waals surface area (Å²) in [5.41, 5.74) is 2.24. The molecule has 2 N–H and O–H groups in total. The van der Waals surface area contributed by atoms with Gasteiger partial charge in [-0.3, -0.25) is 15.4 Å². The van der Waals surface area contributed by atoms with Crippen molar-refractivity contribution in [1.29, 1.82) is 0 Å². The summed E-state index contributed by atoms with van der Waals surface area (Å²) in [6, 6.07) is 14.3. The Bertz CT molecular complexity index is 1000. The molecule has 0 unspecified atom stereocenters. The molecule has 7 nitrogen and oxygen atoms in total. The van der Waals surface area contributed by atoms with Crippen LogP contribution in [0, 0.1) is 0 Å². The number of carbonyl (C=O) groups is 2. The fourth-order valence-electron chi connectivity index (χ4n) is 2.79. The van der Waals surface area contributed by atoms with E-state index in [1.807, 2.05) is 35.8 Å². The lowest BCUT2D eigenvalue weighted by molar-refractivity contribution is 0.0636. The number of imidazole rings is 1. The molecule has 0 spiro atoms. The molecule has 2 aromatic carbocycles. The van der Waals surface area contributed by atoms with Gasteiger partial charge >= 0.3 is 6.09 Å². The second kappa shape index (κ2) is 7.72. The standard InChI is InChI=1S/C21H24N4O3/c1-5-25-17-9-7-6-8-16(17)23-19(25)24-18(26)14-10-12-15(13-11-14)22-20(27)28-21(2,3)4/h6-13H,5H2,1-4H3,(H,22,27)(H,23,24,26). The Morgan fingerprint density at radius 2 is 1.71 bits per heavy atom. The minimum absolute atomic E-state index is 0.270. The van der Waals surface area contributed by atoms with E-state index < -0.39 is 11.7 Å². The van der Waals surface area contributed by atoms with Gasteiger partial charge in [0.05, 0.1) is 11.0 Å². The van der Waals surface area contributed by atoms with Crippen LogP contribution in [0.1, 0.15) is 38.1 Å². The molecule has 0 fully saturated rings. The maximum absolute atomic E-state index is 12.6. The highest BCUT2D eigenvalue weighted by Crippen LogP contribution is 2.20. The van der Waals surface area contributed by atoms with Gasteiger partial charge in [-0.1, -0.05) is 12.1 Å². The number of hydrogen-bond donors (Lipinski definition) is 2. The first-order valence-electron chi connectivity index (χ1n) is 9.13. The Morgan fingerprint density at radius 1 is 1.04 bits per heavy atom. The summed E-state index contributed by atoms with van der Waals surface area (Å²) < 4.78 is 7.16. The van der Waals surface area contributed by atoms with Crippen molar-refractivity contribution in [3.8, 4) is 0 Å². The smallest absolute Gasteiger partial charge is 0.412 e. The third-order valence-electron chi connectivity index (χ3n) is 3.99. The highest BCUT2D eigenvalue weighted by molar-refractivity contribution is 6.04. The van der Waals surface area contributed by atoms with Crippen molar-refractivity contribution in [2.45, 2.75) is 39.8 Å². The summed E-state index contributed by atoms with van der Waals surface area (Å²) in [5, 5.41) is 5.50. The number of amides is 2. The van der Waals surface area contributed by atoms with Crippen molar-refractivity contribution in [2.24, 2.45) is 0 Å². The Labute approximate surface area is 163 Å². The predicted molar refractivity (Wildman–Crippen MR) is 110 cm³/mol. The summed E-state index contributed by atoms with van der Waals surface area (Å²) in [4.78, 5) is 28.9. The van der Waals surface area contributed by atoms with Crippen LogP contribution in [0.4, 0.5) is 16.4 Å². The fourth-order valence-corrected chi connectivity index (χ4v) is 2.79. The normalized spacial score (nSPS) is 11.3. The van der Waals surface area contributed by atoms with Gasteiger partial charge in [-0.25, -0.2) is 9.78 Å². The summed E-state index contributed by atoms with van der Waals surface area (Å²) in [6.45, 7) is 8.08. The SMILES string of the molecule is CCn1c(NC(=O)c2ccc(NC(=O)OC(C)(C)C)cc2)nc2ccccc21. The third-order valence-corrected chi connectivity index (χ3v) is 3.99. The Hall–Kier alpha value is -3.35. The van der Waals surface area contributed by atoms with Crippen LogP contribution < -0.4 is 10.6 Å². The molecule has 0 saturated heterocycles. The lowest BCUT2D eigenvalue weighted by Gasteiger charge is -2.19. The number of anilines is 2. The highest BCUT2D eigenvalue weighted by Gasteiger charge is 2.17. The van der Waals surface area contributed by atoms with Gasteiger partial charge in [-0.15, -0.1) is 0 Å². The van der Waals surface area contributed by atoms with Crippen LogP contribution in [0.3, 0.4) is 0 Å². The van der Waals surface area contributed by atoms with E-state index >= 15 is 0 Å².